The van der Waals surface area contributed by atoms with Crippen LogP contribution < -0.4 is 10.9 Å². The Labute approximate surface area is 160 Å². The Hall–Kier alpha value is -3.50. The first kappa shape index (κ1) is 17.9. The molecular weight excluding hydrogens is 378 g/mol. The number of sulfonamides is 1. The second-order valence-corrected chi connectivity index (χ2v) is 7.86. The average Bonchev–Trinajstić information content (AvgIpc) is 3.17. The first-order valence-electron chi connectivity index (χ1n) is 8.29. The quantitative estimate of drug-likeness (QED) is 0.455. The third-order valence-electron chi connectivity index (χ3n) is 4.19. The average molecular weight is 395 g/mol. The molecule has 142 valence electrons. The van der Waals surface area contributed by atoms with E-state index in [-0.39, 0.29) is 4.90 Å². The van der Waals surface area contributed by atoms with Gasteiger partial charge in [-0.05, 0) is 31.2 Å². The molecule has 5 N–H and O–H groups in total. The van der Waals surface area contributed by atoms with Gasteiger partial charge in [0.05, 0.1) is 22.5 Å². The lowest BCUT2D eigenvalue weighted by Crippen LogP contribution is -2.11. The minimum absolute atomic E-state index is 0.00555. The number of H-pyrrole nitrogens is 1. The molecule has 0 spiro atoms. The van der Waals surface area contributed by atoms with Gasteiger partial charge in [0.25, 0.3) is 0 Å². The number of rotatable bonds is 4. The van der Waals surface area contributed by atoms with E-state index in [9.17, 15) is 8.42 Å². The highest BCUT2D eigenvalue weighted by molar-refractivity contribution is 7.89. The van der Waals surface area contributed by atoms with Crippen molar-refractivity contribution in [1.29, 1.82) is 0 Å². The molecule has 0 saturated heterocycles. The molecule has 2 aromatic heterocycles. The second kappa shape index (κ2) is 6.59. The van der Waals surface area contributed by atoms with Gasteiger partial charge in [0.1, 0.15) is 5.82 Å². The SMILES string of the molecule is Cc1ccc(-c2cn3[nH]c(N)c(N=Nc4ccc(S(N)(=O)=O)cc4)c3n2)cc1. The van der Waals surface area contributed by atoms with Crippen LogP contribution in [0, 0.1) is 6.92 Å². The Morgan fingerprint density at radius 3 is 2.36 bits per heavy atom. The molecule has 0 saturated carbocycles. The third kappa shape index (κ3) is 3.38. The van der Waals surface area contributed by atoms with Crippen molar-refractivity contribution < 1.29 is 8.42 Å². The maximum Gasteiger partial charge on any atom is 0.238 e. The molecule has 0 bridgehead atoms. The van der Waals surface area contributed by atoms with E-state index in [4.69, 9.17) is 10.9 Å². The van der Waals surface area contributed by atoms with Crippen LogP contribution in [-0.2, 0) is 10.0 Å². The largest absolute Gasteiger partial charge is 0.382 e. The zero-order valence-electron chi connectivity index (χ0n) is 14.9. The fourth-order valence-electron chi connectivity index (χ4n) is 2.71. The summed E-state index contributed by atoms with van der Waals surface area (Å²) in [4.78, 5) is 4.60. The minimum Gasteiger partial charge on any atom is -0.382 e. The van der Waals surface area contributed by atoms with Crippen molar-refractivity contribution in [1.82, 2.24) is 14.6 Å². The van der Waals surface area contributed by atoms with Gasteiger partial charge in [0.15, 0.2) is 11.3 Å². The molecule has 0 radical (unpaired) electrons. The van der Waals surface area contributed by atoms with Crippen molar-refractivity contribution >= 4 is 32.9 Å². The van der Waals surface area contributed by atoms with Crippen LogP contribution in [0.1, 0.15) is 5.56 Å². The van der Waals surface area contributed by atoms with Crippen LogP contribution >= 0.6 is 0 Å². The van der Waals surface area contributed by atoms with Crippen LogP contribution in [0.2, 0.25) is 0 Å². The minimum atomic E-state index is -3.75. The van der Waals surface area contributed by atoms with Gasteiger partial charge in [-0.3, -0.25) is 5.10 Å². The number of primary sulfonamides is 1. The molecule has 2 aromatic carbocycles. The monoisotopic (exact) mass is 395 g/mol. The number of anilines is 1. The predicted octanol–water partition coefficient (Wildman–Crippen LogP) is 3.28. The summed E-state index contributed by atoms with van der Waals surface area (Å²) < 4.78 is 24.3. The summed E-state index contributed by atoms with van der Waals surface area (Å²) in [6, 6.07) is 13.8. The van der Waals surface area contributed by atoms with Gasteiger partial charge in [-0.25, -0.2) is 23.1 Å². The standard InChI is InChI=1S/C18H17N7O2S/c1-11-2-4-12(5-3-11)15-10-25-18(21-15)16(17(19)24-25)23-22-13-6-8-14(9-7-13)28(20,26)27/h2-10,24H,19H2,1H3,(H2,20,26,27). The van der Waals surface area contributed by atoms with Gasteiger partial charge >= 0.3 is 0 Å². The summed E-state index contributed by atoms with van der Waals surface area (Å²) in [5, 5.41) is 16.4. The first-order chi connectivity index (χ1) is 13.3. The number of fused-ring (bicyclic) bond motifs is 1. The highest BCUT2D eigenvalue weighted by Gasteiger charge is 2.14. The highest BCUT2D eigenvalue weighted by Crippen LogP contribution is 2.31. The van der Waals surface area contributed by atoms with E-state index >= 15 is 0 Å². The molecule has 4 aromatic rings. The topological polar surface area (TPSA) is 144 Å². The van der Waals surface area contributed by atoms with Crippen molar-refractivity contribution in [3.63, 3.8) is 0 Å². The summed E-state index contributed by atoms with van der Waals surface area (Å²) in [5.41, 5.74) is 10.3. The Balaban J connectivity index is 1.67. The number of hydrogen-bond donors (Lipinski definition) is 3. The molecule has 0 aliphatic carbocycles. The molecule has 0 aliphatic rings. The smallest absolute Gasteiger partial charge is 0.238 e. The number of benzene rings is 2. The fourth-order valence-corrected chi connectivity index (χ4v) is 3.22. The molecule has 28 heavy (non-hydrogen) atoms. The van der Waals surface area contributed by atoms with E-state index in [1.54, 1.807) is 4.52 Å². The number of aromatic amines is 1. The fraction of sp³-hybridized carbons (Fsp3) is 0.0556. The van der Waals surface area contributed by atoms with Crippen molar-refractivity contribution in [2.24, 2.45) is 15.4 Å². The highest BCUT2D eigenvalue weighted by atomic mass is 32.2. The zero-order valence-corrected chi connectivity index (χ0v) is 15.7. The van der Waals surface area contributed by atoms with Crippen molar-refractivity contribution in [2.45, 2.75) is 11.8 Å². The first-order valence-corrected chi connectivity index (χ1v) is 9.84. The summed E-state index contributed by atoms with van der Waals surface area (Å²) in [7, 11) is -3.75. The number of nitrogens with zero attached hydrogens (tertiary/aromatic N) is 4. The third-order valence-corrected chi connectivity index (χ3v) is 5.12. The Bertz CT molecular complexity index is 1280. The van der Waals surface area contributed by atoms with Gasteiger partial charge in [-0.2, -0.15) is 5.11 Å². The molecule has 2 heterocycles. The van der Waals surface area contributed by atoms with E-state index in [1.807, 2.05) is 37.4 Å². The van der Waals surface area contributed by atoms with Gasteiger partial charge in [0.2, 0.25) is 10.0 Å². The number of nitrogen functional groups attached to an aromatic ring is 1. The zero-order chi connectivity index (χ0) is 19.9. The number of aromatic nitrogens is 3. The lowest BCUT2D eigenvalue weighted by Gasteiger charge is -1.98. The summed E-state index contributed by atoms with van der Waals surface area (Å²) in [6.45, 7) is 2.02. The lowest BCUT2D eigenvalue weighted by molar-refractivity contribution is 0.598. The Morgan fingerprint density at radius 1 is 1.04 bits per heavy atom. The van der Waals surface area contributed by atoms with Crippen molar-refractivity contribution in [2.75, 3.05) is 5.73 Å². The lowest BCUT2D eigenvalue weighted by atomic mass is 10.1. The predicted molar refractivity (Wildman–Crippen MR) is 106 cm³/mol. The Kier molecular flexibility index (Phi) is 4.21. The van der Waals surface area contributed by atoms with Crippen LogP contribution in [0.25, 0.3) is 16.9 Å². The van der Waals surface area contributed by atoms with Crippen molar-refractivity contribution in [3.05, 3.63) is 60.3 Å². The molecule has 10 heteroatoms. The number of azo groups is 1. The number of nitrogens with one attached hydrogen (secondary N) is 1. The van der Waals surface area contributed by atoms with E-state index in [1.165, 1.54) is 29.8 Å². The van der Waals surface area contributed by atoms with Crippen LogP contribution in [0.15, 0.2) is 69.9 Å². The molecular formula is C18H17N7O2S. The van der Waals surface area contributed by atoms with Crippen LogP contribution in [0.3, 0.4) is 0 Å². The molecule has 4 rings (SSSR count). The molecule has 0 aliphatic heterocycles. The number of imidazole rings is 1. The maximum absolute atomic E-state index is 11.3. The van der Waals surface area contributed by atoms with Crippen LogP contribution in [0.4, 0.5) is 17.2 Å². The van der Waals surface area contributed by atoms with Gasteiger partial charge < -0.3 is 5.73 Å². The Morgan fingerprint density at radius 2 is 1.71 bits per heavy atom. The van der Waals surface area contributed by atoms with Crippen LogP contribution in [0.5, 0.6) is 0 Å². The molecule has 9 nitrogen and oxygen atoms in total. The molecule has 0 atom stereocenters. The van der Waals surface area contributed by atoms with Crippen LogP contribution in [-0.4, -0.2) is 23.0 Å². The van der Waals surface area contributed by atoms with E-state index in [0.29, 0.717) is 22.8 Å². The summed E-state index contributed by atoms with van der Waals surface area (Å²) in [5.74, 6) is 0.322. The maximum atomic E-state index is 11.3. The summed E-state index contributed by atoms with van der Waals surface area (Å²) >= 11 is 0. The van der Waals surface area contributed by atoms with Gasteiger partial charge in [-0.1, -0.05) is 29.8 Å². The molecule has 0 fully saturated rings. The number of aryl methyl sites for hydroxylation is 1. The summed E-state index contributed by atoms with van der Waals surface area (Å²) in [6.07, 6.45) is 1.83. The molecule has 0 unspecified atom stereocenters. The number of nitrogens with two attached hydrogens (primary N) is 2. The number of hydrogen-bond acceptors (Lipinski definition) is 6. The van der Waals surface area contributed by atoms with E-state index < -0.39 is 10.0 Å². The van der Waals surface area contributed by atoms with E-state index in [2.05, 4.69) is 20.3 Å². The van der Waals surface area contributed by atoms with E-state index in [0.717, 1.165) is 11.3 Å². The normalized spacial score (nSPS) is 12.2. The van der Waals surface area contributed by atoms with Crippen molar-refractivity contribution in [3.8, 4) is 11.3 Å². The van der Waals surface area contributed by atoms with Gasteiger partial charge in [0, 0.05) is 5.56 Å². The van der Waals surface area contributed by atoms with Gasteiger partial charge in [-0.15, -0.1) is 5.11 Å². The molecule has 0 amide bonds. The second-order valence-electron chi connectivity index (χ2n) is 6.30.